The molecule has 0 amide bonds. The van der Waals surface area contributed by atoms with E-state index in [0.29, 0.717) is 0 Å². The Morgan fingerprint density at radius 3 is 1.52 bits per heavy atom. The van der Waals surface area contributed by atoms with Gasteiger partial charge in [0, 0.05) is 28.4 Å². The van der Waals surface area contributed by atoms with E-state index in [9.17, 15) is 0 Å². The van der Waals surface area contributed by atoms with E-state index in [0.717, 1.165) is 23.5 Å². The molecule has 204 valence electrons. The van der Waals surface area contributed by atoms with Crippen molar-refractivity contribution in [2.75, 3.05) is 9.80 Å². The van der Waals surface area contributed by atoms with Gasteiger partial charge in [-0.15, -0.1) is 0 Å². The van der Waals surface area contributed by atoms with Gasteiger partial charge >= 0.3 is 0 Å². The monoisotopic (exact) mass is 542 g/mol. The Hall–Kier alpha value is -5.08. The minimum Gasteiger partial charge on any atom is -0.334 e. The van der Waals surface area contributed by atoms with Crippen LogP contribution in [0.5, 0.6) is 0 Å². The van der Waals surface area contributed by atoms with Crippen LogP contribution in [0.15, 0.2) is 152 Å². The molecular formula is C40H34N2. The van der Waals surface area contributed by atoms with Crippen molar-refractivity contribution in [1.82, 2.24) is 0 Å². The normalized spacial score (nSPS) is 14.4. The van der Waals surface area contributed by atoms with Gasteiger partial charge in [0.2, 0.25) is 0 Å². The fourth-order valence-corrected chi connectivity index (χ4v) is 6.40. The number of hydrogen-bond acceptors (Lipinski definition) is 2. The third-order valence-electron chi connectivity index (χ3n) is 8.51. The second kappa shape index (κ2) is 11.1. The minimum absolute atomic E-state index is 0.272. The summed E-state index contributed by atoms with van der Waals surface area (Å²) in [5, 5.41) is 5.21. The number of hydrogen-bond donors (Lipinski definition) is 0. The Morgan fingerprint density at radius 2 is 0.976 bits per heavy atom. The van der Waals surface area contributed by atoms with Crippen LogP contribution in [-0.4, -0.2) is 6.04 Å². The molecule has 0 N–H and O–H groups in total. The SMILES string of the molecule is Cc1c2ccc(N(c3ccccc3)c3ccccc3)cc2c(C)c2cc(N(c3ccccc3)C3C=CC=CC3)ccc12. The first-order chi connectivity index (χ1) is 20.7. The maximum absolute atomic E-state index is 2.47. The summed E-state index contributed by atoms with van der Waals surface area (Å²) in [6.45, 7) is 4.54. The van der Waals surface area contributed by atoms with Crippen LogP contribution in [0.2, 0.25) is 0 Å². The summed E-state index contributed by atoms with van der Waals surface area (Å²) in [4.78, 5) is 4.82. The first-order valence-corrected chi connectivity index (χ1v) is 14.7. The second-order valence-corrected chi connectivity index (χ2v) is 11.0. The number of nitrogens with zero attached hydrogens (tertiary/aromatic N) is 2. The van der Waals surface area contributed by atoms with Gasteiger partial charge in [0.25, 0.3) is 0 Å². The van der Waals surface area contributed by atoms with Gasteiger partial charge in [0.1, 0.15) is 0 Å². The lowest BCUT2D eigenvalue weighted by Gasteiger charge is -2.33. The number of fused-ring (bicyclic) bond motifs is 2. The third-order valence-corrected chi connectivity index (χ3v) is 8.51. The second-order valence-electron chi connectivity index (χ2n) is 11.0. The quantitative estimate of drug-likeness (QED) is 0.193. The summed E-state index contributed by atoms with van der Waals surface area (Å²) in [5.41, 5.74) is 8.50. The lowest BCUT2D eigenvalue weighted by atomic mass is 9.92. The summed E-state index contributed by atoms with van der Waals surface area (Å²) in [6.07, 6.45) is 9.87. The highest BCUT2D eigenvalue weighted by atomic mass is 15.2. The minimum atomic E-state index is 0.272. The van der Waals surface area contributed by atoms with Gasteiger partial charge in [-0.25, -0.2) is 0 Å². The van der Waals surface area contributed by atoms with Gasteiger partial charge < -0.3 is 9.80 Å². The molecule has 0 saturated carbocycles. The van der Waals surface area contributed by atoms with Crippen LogP contribution >= 0.6 is 0 Å². The number of para-hydroxylation sites is 3. The maximum Gasteiger partial charge on any atom is 0.0559 e. The molecule has 0 fully saturated rings. The summed E-state index contributed by atoms with van der Waals surface area (Å²) in [6, 6.07) is 46.2. The third kappa shape index (κ3) is 4.65. The fraction of sp³-hybridized carbons (Fsp3) is 0.100. The van der Waals surface area contributed by atoms with Gasteiger partial charge in [-0.1, -0.05) is 91.0 Å². The average Bonchev–Trinajstić information content (AvgIpc) is 3.06. The molecule has 0 spiro atoms. The molecule has 1 aliphatic rings. The number of anilines is 5. The summed E-state index contributed by atoms with van der Waals surface area (Å²) in [5.74, 6) is 0. The maximum atomic E-state index is 2.47. The van der Waals surface area contributed by atoms with Gasteiger partial charge in [-0.3, -0.25) is 0 Å². The highest BCUT2D eigenvalue weighted by Crippen LogP contribution is 2.41. The predicted octanol–water partition coefficient (Wildman–Crippen LogP) is 11.1. The van der Waals surface area contributed by atoms with Crippen LogP contribution in [0, 0.1) is 13.8 Å². The zero-order valence-electron chi connectivity index (χ0n) is 24.1. The highest BCUT2D eigenvalue weighted by Gasteiger charge is 2.21. The molecule has 1 aliphatic carbocycles. The molecule has 0 bridgehead atoms. The summed E-state index contributed by atoms with van der Waals surface area (Å²) < 4.78 is 0. The molecule has 0 radical (unpaired) electrons. The number of aryl methyl sites for hydroxylation is 2. The molecule has 6 aromatic rings. The summed E-state index contributed by atoms with van der Waals surface area (Å²) >= 11 is 0. The molecule has 7 rings (SSSR count). The molecule has 2 nitrogen and oxygen atoms in total. The number of rotatable bonds is 6. The van der Waals surface area contributed by atoms with E-state index in [4.69, 9.17) is 0 Å². The smallest absolute Gasteiger partial charge is 0.0559 e. The predicted molar refractivity (Wildman–Crippen MR) is 181 cm³/mol. The Bertz CT molecular complexity index is 1880. The van der Waals surface area contributed by atoms with Crippen LogP contribution in [-0.2, 0) is 0 Å². The first kappa shape index (κ1) is 25.9. The van der Waals surface area contributed by atoms with Crippen molar-refractivity contribution in [2.24, 2.45) is 0 Å². The molecule has 6 aromatic carbocycles. The van der Waals surface area contributed by atoms with Crippen LogP contribution in [0.4, 0.5) is 28.4 Å². The lowest BCUT2D eigenvalue weighted by Crippen LogP contribution is -2.29. The zero-order chi connectivity index (χ0) is 28.5. The lowest BCUT2D eigenvalue weighted by molar-refractivity contribution is 0.785. The Balaban J connectivity index is 1.41. The van der Waals surface area contributed by atoms with Crippen LogP contribution in [0.1, 0.15) is 17.5 Å². The molecule has 42 heavy (non-hydrogen) atoms. The standard InChI is InChI=1S/C40H34N2/c1-29-37-25-23-35(41(31-15-7-3-8-16-31)32-17-9-4-10-18-32)27-39(37)30(2)40-28-36(24-26-38(29)40)42(33-19-11-5-12-20-33)34-21-13-6-14-22-34/h3-21,23-28,34H,22H2,1-2H3. The molecular weight excluding hydrogens is 508 g/mol. The highest BCUT2D eigenvalue weighted by molar-refractivity contribution is 6.07. The van der Waals surface area contributed by atoms with Crippen LogP contribution in [0.3, 0.4) is 0 Å². The Morgan fingerprint density at radius 1 is 0.476 bits per heavy atom. The molecule has 0 saturated heterocycles. The van der Waals surface area contributed by atoms with Gasteiger partial charge in [-0.05, 0) is 114 Å². The summed E-state index contributed by atoms with van der Waals surface area (Å²) in [7, 11) is 0. The van der Waals surface area contributed by atoms with Crippen molar-refractivity contribution >= 4 is 50.0 Å². The zero-order valence-corrected chi connectivity index (χ0v) is 24.1. The van der Waals surface area contributed by atoms with Crippen molar-refractivity contribution in [3.63, 3.8) is 0 Å². The number of allylic oxidation sites excluding steroid dienone is 2. The Labute approximate surface area is 248 Å². The molecule has 2 heteroatoms. The molecule has 1 unspecified atom stereocenters. The fourth-order valence-electron chi connectivity index (χ4n) is 6.40. The van der Waals surface area contributed by atoms with Crippen molar-refractivity contribution in [3.8, 4) is 0 Å². The number of benzene rings is 6. The Kier molecular flexibility index (Phi) is 6.81. The van der Waals surface area contributed by atoms with Crippen molar-refractivity contribution in [1.29, 1.82) is 0 Å². The van der Waals surface area contributed by atoms with E-state index in [1.165, 1.54) is 44.0 Å². The van der Waals surface area contributed by atoms with Crippen molar-refractivity contribution in [2.45, 2.75) is 26.3 Å². The van der Waals surface area contributed by atoms with Crippen LogP contribution in [0.25, 0.3) is 21.5 Å². The molecule has 1 atom stereocenters. The largest absolute Gasteiger partial charge is 0.334 e. The van der Waals surface area contributed by atoms with Gasteiger partial charge in [-0.2, -0.15) is 0 Å². The molecule has 0 aliphatic heterocycles. The van der Waals surface area contributed by atoms with Crippen molar-refractivity contribution < 1.29 is 0 Å². The first-order valence-electron chi connectivity index (χ1n) is 14.7. The van der Waals surface area contributed by atoms with E-state index in [1.54, 1.807) is 0 Å². The van der Waals surface area contributed by atoms with Crippen molar-refractivity contribution in [3.05, 3.63) is 163 Å². The van der Waals surface area contributed by atoms with E-state index in [1.807, 2.05) is 0 Å². The molecule has 0 heterocycles. The van der Waals surface area contributed by atoms with Gasteiger partial charge in [0.15, 0.2) is 0 Å². The van der Waals surface area contributed by atoms with Crippen LogP contribution < -0.4 is 9.80 Å². The molecule has 0 aromatic heterocycles. The van der Waals surface area contributed by atoms with E-state index >= 15 is 0 Å². The van der Waals surface area contributed by atoms with E-state index in [2.05, 4.69) is 175 Å². The topological polar surface area (TPSA) is 6.48 Å². The average molecular weight is 543 g/mol. The van der Waals surface area contributed by atoms with E-state index in [-0.39, 0.29) is 6.04 Å². The van der Waals surface area contributed by atoms with E-state index < -0.39 is 0 Å². The van der Waals surface area contributed by atoms with Gasteiger partial charge in [0.05, 0.1) is 6.04 Å².